The predicted octanol–water partition coefficient (Wildman–Crippen LogP) is 9.42. The average molecular weight is 671 g/mol. The number of nitriles is 2. The lowest BCUT2D eigenvalue weighted by atomic mass is 9.84. The van der Waals surface area contributed by atoms with Crippen molar-refractivity contribution in [3.8, 4) is 12.1 Å². The van der Waals surface area contributed by atoms with Gasteiger partial charge in [-0.05, 0) is 84.9 Å². The smallest absolute Gasteiger partial charge is 0.206 e. The summed E-state index contributed by atoms with van der Waals surface area (Å²) in [5, 5.41) is 25.1. The van der Waals surface area contributed by atoms with Gasteiger partial charge in [0.2, 0.25) is 9.84 Å². The van der Waals surface area contributed by atoms with Gasteiger partial charge in [-0.1, -0.05) is 72.8 Å². The number of anilines is 4. The number of ether oxygens (including phenoxy) is 1. The Kier molecular flexibility index (Phi) is 8.62. The van der Waals surface area contributed by atoms with Crippen molar-refractivity contribution in [1.82, 2.24) is 0 Å². The van der Waals surface area contributed by atoms with Crippen molar-refractivity contribution >= 4 is 38.3 Å². The molecule has 7 rings (SSSR count). The zero-order valence-electron chi connectivity index (χ0n) is 26.7. The molecule has 0 saturated carbocycles. The highest BCUT2D eigenvalue weighted by Gasteiger charge is 2.48. The minimum absolute atomic E-state index is 0.0839. The fourth-order valence-electron chi connectivity index (χ4n) is 6.14. The highest BCUT2D eigenvalue weighted by atomic mass is 32.2. The Morgan fingerprint density at radius 1 is 0.560 bits per heavy atom. The van der Waals surface area contributed by atoms with E-state index in [1.165, 1.54) is 0 Å². The summed E-state index contributed by atoms with van der Waals surface area (Å²) in [5.74, 6) is 0.284. The van der Waals surface area contributed by atoms with Crippen LogP contribution in [0, 0.1) is 22.7 Å². The molecule has 242 valence electrons. The van der Waals surface area contributed by atoms with Crippen LogP contribution in [0.5, 0.6) is 0 Å². The van der Waals surface area contributed by atoms with E-state index in [0.717, 1.165) is 28.2 Å². The molecule has 0 bridgehead atoms. The number of benzene rings is 6. The number of nitrogens with zero attached hydrogens (tertiary/aromatic N) is 2. The second kappa shape index (κ2) is 13.5. The molecule has 0 unspecified atom stereocenters. The molecule has 0 atom stereocenters. The maximum Gasteiger partial charge on any atom is 0.206 e. The van der Waals surface area contributed by atoms with Crippen molar-refractivity contribution in [3.05, 3.63) is 190 Å². The van der Waals surface area contributed by atoms with E-state index < -0.39 is 15.4 Å². The van der Waals surface area contributed by atoms with Gasteiger partial charge >= 0.3 is 0 Å². The van der Waals surface area contributed by atoms with Gasteiger partial charge in [0.15, 0.2) is 5.60 Å². The highest BCUT2D eigenvalue weighted by molar-refractivity contribution is 7.95. The van der Waals surface area contributed by atoms with Crippen molar-refractivity contribution in [2.75, 3.05) is 10.6 Å². The van der Waals surface area contributed by atoms with Gasteiger partial charge in [0, 0.05) is 45.9 Å². The van der Waals surface area contributed by atoms with Crippen LogP contribution < -0.4 is 10.6 Å². The second-order valence-corrected chi connectivity index (χ2v) is 13.8. The zero-order chi connectivity index (χ0) is 34.6. The summed E-state index contributed by atoms with van der Waals surface area (Å²) in [6, 6.07) is 52.0. The summed E-state index contributed by atoms with van der Waals surface area (Å²) >= 11 is 0. The molecule has 6 aromatic carbocycles. The summed E-state index contributed by atoms with van der Waals surface area (Å²) in [6.07, 6.45) is 0.0839. The first-order chi connectivity index (χ1) is 24.4. The van der Waals surface area contributed by atoms with E-state index in [1.54, 1.807) is 54.6 Å². The van der Waals surface area contributed by atoms with Crippen molar-refractivity contribution in [2.24, 2.45) is 0 Å². The Morgan fingerprint density at radius 3 is 1.52 bits per heavy atom. The Bertz CT molecular complexity index is 2360. The normalized spacial score (nSPS) is 13.5. The largest absolute Gasteiger partial charge is 0.476 e. The van der Waals surface area contributed by atoms with Crippen LogP contribution >= 0.6 is 0 Å². The minimum Gasteiger partial charge on any atom is -0.476 e. The highest BCUT2D eigenvalue weighted by Crippen LogP contribution is 2.52. The third kappa shape index (κ3) is 6.32. The van der Waals surface area contributed by atoms with E-state index in [1.807, 2.05) is 103 Å². The number of sulfone groups is 1. The molecule has 50 heavy (non-hydrogen) atoms. The first kappa shape index (κ1) is 32.0. The van der Waals surface area contributed by atoms with Crippen LogP contribution in [0.15, 0.2) is 168 Å². The lowest BCUT2D eigenvalue weighted by Crippen LogP contribution is -2.27. The van der Waals surface area contributed by atoms with Crippen molar-refractivity contribution in [3.63, 3.8) is 0 Å². The van der Waals surface area contributed by atoms with Crippen LogP contribution in [0.25, 0.3) is 5.76 Å². The van der Waals surface area contributed by atoms with Crippen LogP contribution in [0.4, 0.5) is 22.7 Å². The first-order valence-corrected chi connectivity index (χ1v) is 17.4. The van der Waals surface area contributed by atoms with Gasteiger partial charge in [0.05, 0.1) is 33.1 Å². The van der Waals surface area contributed by atoms with Gasteiger partial charge in [-0.3, -0.25) is 0 Å². The van der Waals surface area contributed by atoms with Gasteiger partial charge in [-0.15, -0.1) is 0 Å². The van der Waals surface area contributed by atoms with Gasteiger partial charge < -0.3 is 15.4 Å². The van der Waals surface area contributed by atoms with Crippen LogP contribution in [-0.4, -0.2) is 8.42 Å². The molecule has 1 aliphatic heterocycles. The first-order valence-electron chi connectivity index (χ1n) is 15.9. The molecule has 8 heteroatoms. The SMILES string of the molecule is N#Cc1cccc(Nc2ccc(C3=C(S(=O)(=O)c4ccc(Nc5cccc(C#N)c5)cc4)CC(c4ccccc4)(c4ccccc4)O3)cc2)c1. The maximum atomic E-state index is 14.7. The summed E-state index contributed by atoms with van der Waals surface area (Å²) in [7, 11) is -4.05. The number of nitrogens with one attached hydrogen (secondary N) is 2. The fourth-order valence-corrected chi connectivity index (χ4v) is 7.72. The van der Waals surface area contributed by atoms with Crippen molar-refractivity contribution < 1.29 is 13.2 Å². The van der Waals surface area contributed by atoms with Gasteiger partial charge in [-0.25, -0.2) is 8.42 Å². The molecule has 0 fully saturated rings. The van der Waals surface area contributed by atoms with Gasteiger partial charge in [-0.2, -0.15) is 10.5 Å². The van der Waals surface area contributed by atoms with E-state index in [0.29, 0.717) is 22.4 Å². The van der Waals surface area contributed by atoms with Crippen LogP contribution in [0.3, 0.4) is 0 Å². The Balaban J connectivity index is 1.29. The summed E-state index contributed by atoms with van der Waals surface area (Å²) in [5.41, 5.74) is 5.20. The van der Waals surface area contributed by atoms with Gasteiger partial charge in [0.25, 0.3) is 0 Å². The fraction of sp³-hybridized carbons (Fsp3) is 0.0476. The Hall–Kier alpha value is -6.61. The van der Waals surface area contributed by atoms with E-state index in [4.69, 9.17) is 4.74 Å². The van der Waals surface area contributed by atoms with Crippen LogP contribution in [0.1, 0.15) is 34.2 Å². The second-order valence-electron chi connectivity index (χ2n) is 11.8. The van der Waals surface area contributed by atoms with E-state index in [2.05, 4.69) is 22.8 Å². The van der Waals surface area contributed by atoms with E-state index in [-0.39, 0.29) is 22.0 Å². The topological polar surface area (TPSA) is 115 Å². The number of hydrogen-bond donors (Lipinski definition) is 2. The molecular formula is C42H30N4O3S. The summed E-state index contributed by atoms with van der Waals surface area (Å²) < 4.78 is 36.3. The lowest BCUT2D eigenvalue weighted by Gasteiger charge is -2.31. The molecule has 0 saturated heterocycles. The van der Waals surface area contributed by atoms with E-state index in [9.17, 15) is 18.9 Å². The standard InChI is InChI=1S/C42H30N4O3S/c43-28-30-9-7-15-37(25-30)45-35-19-17-32(18-20-35)41-40(27-42(49-41,33-11-3-1-4-12-33)34-13-5-2-6-14-34)50(47,48)39-23-21-36(22-24-39)46-38-16-8-10-31(26-38)29-44/h1-26,45-46H,27H2. The van der Waals surface area contributed by atoms with Gasteiger partial charge in [0.1, 0.15) is 5.76 Å². The maximum absolute atomic E-state index is 14.7. The quantitative estimate of drug-likeness (QED) is 0.157. The Morgan fingerprint density at radius 2 is 1.04 bits per heavy atom. The molecule has 0 spiro atoms. The molecule has 0 radical (unpaired) electrons. The number of rotatable bonds is 9. The molecule has 1 heterocycles. The molecule has 6 aromatic rings. The Labute approximate surface area is 291 Å². The number of hydrogen-bond acceptors (Lipinski definition) is 7. The van der Waals surface area contributed by atoms with Crippen molar-refractivity contribution in [1.29, 1.82) is 10.5 Å². The third-order valence-electron chi connectivity index (χ3n) is 8.62. The molecule has 7 nitrogen and oxygen atoms in total. The molecule has 0 amide bonds. The molecule has 2 N–H and O–H groups in total. The molecular weight excluding hydrogens is 641 g/mol. The summed E-state index contributed by atoms with van der Waals surface area (Å²) in [4.78, 5) is 0.313. The lowest BCUT2D eigenvalue weighted by molar-refractivity contribution is 0.101. The zero-order valence-corrected chi connectivity index (χ0v) is 27.6. The predicted molar refractivity (Wildman–Crippen MR) is 195 cm³/mol. The van der Waals surface area contributed by atoms with E-state index >= 15 is 0 Å². The van der Waals surface area contributed by atoms with Crippen LogP contribution in [-0.2, 0) is 20.2 Å². The van der Waals surface area contributed by atoms with Crippen LogP contribution in [0.2, 0.25) is 0 Å². The molecule has 0 aromatic heterocycles. The monoisotopic (exact) mass is 670 g/mol. The molecule has 0 aliphatic carbocycles. The molecule has 1 aliphatic rings. The average Bonchev–Trinajstić information content (AvgIpc) is 3.59. The summed E-state index contributed by atoms with van der Waals surface area (Å²) in [6.45, 7) is 0. The minimum atomic E-state index is -4.05. The van der Waals surface area contributed by atoms with Crippen molar-refractivity contribution in [2.45, 2.75) is 16.9 Å². The third-order valence-corrected chi connectivity index (χ3v) is 10.5.